The Kier molecular flexibility index (Phi) is 1.59. The van der Waals surface area contributed by atoms with Crippen LogP contribution in [0.3, 0.4) is 0 Å². The summed E-state index contributed by atoms with van der Waals surface area (Å²) in [6, 6.07) is 4.61. The fourth-order valence-electron chi connectivity index (χ4n) is 0.905. The standard InChI is InChI=1S/C8H5FN3/c9-8-2-1-6(5-10-8)7-3-4-11-12-7/h1-3,5H,(H,11,12). The highest BCUT2D eigenvalue weighted by Crippen LogP contribution is 2.13. The Labute approximate surface area is 68.3 Å². The normalized spacial score (nSPS) is 10.1. The topological polar surface area (TPSA) is 41.6 Å². The smallest absolute Gasteiger partial charge is 0.212 e. The van der Waals surface area contributed by atoms with Crippen molar-refractivity contribution in [1.82, 2.24) is 15.2 Å². The van der Waals surface area contributed by atoms with Gasteiger partial charge in [0.25, 0.3) is 0 Å². The fourth-order valence-corrected chi connectivity index (χ4v) is 0.905. The highest BCUT2D eigenvalue weighted by molar-refractivity contribution is 5.56. The van der Waals surface area contributed by atoms with Crippen LogP contribution in [-0.4, -0.2) is 15.2 Å². The van der Waals surface area contributed by atoms with Crippen molar-refractivity contribution in [3.8, 4) is 11.3 Å². The average molecular weight is 162 g/mol. The molecule has 12 heavy (non-hydrogen) atoms. The van der Waals surface area contributed by atoms with Crippen LogP contribution >= 0.6 is 0 Å². The van der Waals surface area contributed by atoms with Gasteiger partial charge in [-0.1, -0.05) is 0 Å². The number of hydrogen-bond donors (Lipinski definition) is 1. The van der Waals surface area contributed by atoms with E-state index in [1.54, 1.807) is 12.1 Å². The molecule has 0 fully saturated rings. The zero-order valence-corrected chi connectivity index (χ0v) is 6.08. The molecule has 1 N–H and O–H groups in total. The van der Waals surface area contributed by atoms with E-state index in [4.69, 9.17) is 0 Å². The van der Waals surface area contributed by atoms with Crippen molar-refractivity contribution >= 4 is 0 Å². The second-order valence-corrected chi connectivity index (χ2v) is 2.28. The van der Waals surface area contributed by atoms with Crippen LogP contribution in [0.2, 0.25) is 0 Å². The molecule has 4 heteroatoms. The number of hydrogen-bond acceptors (Lipinski definition) is 2. The summed E-state index contributed by atoms with van der Waals surface area (Å²) < 4.78 is 12.4. The maximum absolute atomic E-state index is 12.4. The number of nitrogens with one attached hydrogen (secondary N) is 1. The Bertz CT molecular complexity index is 352. The van der Waals surface area contributed by atoms with Gasteiger partial charge in [-0.25, -0.2) is 4.98 Å². The molecule has 2 rings (SSSR count). The molecule has 59 valence electrons. The molecule has 0 saturated heterocycles. The highest BCUT2D eigenvalue weighted by atomic mass is 19.1. The third-order valence-corrected chi connectivity index (χ3v) is 1.49. The van der Waals surface area contributed by atoms with E-state index in [0.717, 1.165) is 11.3 Å². The molecule has 0 aromatic carbocycles. The van der Waals surface area contributed by atoms with Crippen molar-refractivity contribution in [1.29, 1.82) is 0 Å². The molecule has 2 aromatic rings. The number of pyridine rings is 1. The SMILES string of the molecule is Fc1ccc(-c2c[c]n[nH]2)cn1. The molecular formula is C8H5FN3. The fraction of sp³-hybridized carbons (Fsp3) is 0. The maximum Gasteiger partial charge on any atom is 0.212 e. The van der Waals surface area contributed by atoms with Crippen LogP contribution in [0.15, 0.2) is 24.4 Å². The number of aromatic nitrogens is 3. The van der Waals surface area contributed by atoms with E-state index in [-0.39, 0.29) is 0 Å². The van der Waals surface area contributed by atoms with Crippen molar-refractivity contribution in [2.24, 2.45) is 0 Å². The minimum absolute atomic E-state index is 0.484. The summed E-state index contributed by atoms with van der Waals surface area (Å²) in [6.45, 7) is 0. The van der Waals surface area contributed by atoms with Gasteiger partial charge in [-0.2, -0.15) is 9.49 Å². The Morgan fingerprint density at radius 3 is 2.92 bits per heavy atom. The van der Waals surface area contributed by atoms with Crippen molar-refractivity contribution in [3.05, 3.63) is 36.5 Å². The van der Waals surface area contributed by atoms with Crippen LogP contribution in [0, 0.1) is 12.1 Å². The van der Waals surface area contributed by atoms with Gasteiger partial charge in [-0.15, -0.1) is 0 Å². The largest absolute Gasteiger partial charge is 0.277 e. The Morgan fingerprint density at radius 1 is 1.42 bits per heavy atom. The molecule has 3 nitrogen and oxygen atoms in total. The molecule has 2 aromatic heterocycles. The van der Waals surface area contributed by atoms with Gasteiger partial charge in [0, 0.05) is 11.8 Å². The first-order chi connectivity index (χ1) is 5.86. The first-order valence-electron chi connectivity index (χ1n) is 3.39. The number of H-pyrrole nitrogens is 1. The predicted molar refractivity (Wildman–Crippen MR) is 40.6 cm³/mol. The number of nitrogens with zero attached hydrogens (tertiary/aromatic N) is 2. The molecular weight excluding hydrogens is 157 g/mol. The molecule has 0 aliphatic rings. The molecule has 1 radical (unpaired) electrons. The van der Waals surface area contributed by atoms with Crippen LogP contribution in [0.1, 0.15) is 0 Å². The van der Waals surface area contributed by atoms with Gasteiger partial charge in [-0.3, -0.25) is 5.10 Å². The first kappa shape index (κ1) is 6.97. The van der Waals surface area contributed by atoms with Crippen LogP contribution in [0.25, 0.3) is 11.3 Å². The maximum atomic E-state index is 12.4. The molecule has 0 bridgehead atoms. The Hall–Kier alpha value is -1.71. The summed E-state index contributed by atoms with van der Waals surface area (Å²) in [6.07, 6.45) is 4.06. The Balaban J connectivity index is 2.43. The molecule has 0 spiro atoms. The van der Waals surface area contributed by atoms with E-state index < -0.39 is 5.95 Å². The highest BCUT2D eigenvalue weighted by Gasteiger charge is 1.98. The van der Waals surface area contributed by atoms with E-state index in [9.17, 15) is 4.39 Å². The second-order valence-electron chi connectivity index (χ2n) is 2.28. The average Bonchev–Trinajstić information content (AvgIpc) is 2.58. The lowest BCUT2D eigenvalue weighted by Crippen LogP contribution is -1.83. The lowest BCUT2D eigenvalue weighted by molar-refractivity contribution is 0.584. The minimum Gasteiger partial charge on any atom is -0.277 e. The van der Waals surface area contributed by atoms with Gasteiger partial charge in [0.2, 0.25) is 5.95 Å². The van der Waals surface area contributed by atoms with E-state index in [2.05, 4.69) is 21.4 Å². The van der Waals surface area contributed by atoms with E-state index >= 15 is 0 Å². The molecule has 0 amide bonds. The van der Waals surface area contributed by atoms with Crippen molar-refractivity contribution in [3.63, 3.8) is 0 Å². The zero-order valence-electron chi connectivity index (χ0n) is 6.08. The van der Waals surface area contributed by atoms with Crippen molar-refractivity contribution in [2.45, 2.75) is 0 Å². The number of halogens is 1. The molecule has 0 unspecified atom stereocenters. The van der Waals surface area contributed by atoms with Gasteiger partial charge >= 0.3 is 0 Å². The lowest BCUT2D eigenvalue weighted by atomic mass is 10.2. The van der Waals surface area contributed by atoms with E-state index in [0.29, 0.717) is 0 Å². The third kappa shape index (κ3) is 1.18. The molecule has 0 saturated carbocycles. The molecule has 0 aliphatic carbocycles. The zero-order chi connectivity index (χ0) is 8.39. The monoisotopic (exact) mass is 162 g/mol. The van der Waals surface area contributed by atoms with Crippen molar-refractivity contribution in [2.75, 3.05) is 0 Å². The van der Waals surface area contributed by atoms with Gasteiger partial charge in [-0.05, 0) is 18.2 Å². The van der Waals surface area contributed by atoms with E-state index in [1.807, 2.05) is 0 Å². The van der Waals surface area contributed by atoms with Gasteiger partial charge in [0.1, 0.15) is 6.20 Å². The summed E-state index contributed by atoms with van der Waals surface area (Å²) >= 11 is 0. The van der Waals surface area contributed by atoms with Gasteiger partial charge in [0.15, 0.2) is 0 Å². The predicted octanol–water partition coefficient (Wildman–Crippen LogP) is 1.41. The summed E-state index contributed by atoms with van der Waals surface area (Å²) in [5, 5.41) is 6.35. The molecule has 2 heterocycles. The van der Waals surface area contributed by atoms with E-state index in [1.165, 1.54) is 12.3 Å². The lowest BCUT2D eigenvalue weighted by Gasteiger charge is -1.94. The summed E-state index contributed by atoms with van der Waals surface area (Å²) in [5.41, 5.74) is 1.58. The molecule has 0 atom stereocenters. The van der Waals surface area contributed by atoms with Crippen LogP contribution in [0.4, 0.5) is 4.39 Å². The van der Waals surface area contributed by atoms with Crippen LogP contribution in [0.5, 0.6) is 0 Å². The number of rotatable bonds is 1. The summed E-state index contributed by atoms with van der Waals surface area (Å²) in [7, 11) is 0. The quantitative estimate of drug-likeness (QED) is 0.644. The van der Waals surface area contributed by atoms with Gasteiger partial charge in [0.05, 0.1) is 5.69 Å². The van der Waals surface area contributed by atoms with Crippen LogP contribution in [-0.2, 0) is 0 Å². The summed E-state index contributed by atoms with van der Waals surface area (Å²) in [5.74, 6) is -0.484. The molecule has 0 aliphatic heterocycles. The third-order valence-electron chi connectivity index (χ3n) is 1.49. The van der Waals surface area contributed by atoms with Crippen molar-refractivity contribution < 1.29 is 4.39 Å². The minimum atomic E-state index is -0.484. The second kappa shape index (κ2) is 2.73. The Morgan fingerprint density at radius 2 is 2.33 bits per heavy atom. The first-order valence-corrected chi connectivity index (χ1v) is 3.39. The summed E-state index contributed by atoms with van der Waals surface area (Å²) in [4.78, 5) is 3.51. The number of aromatic amines is 1. The van der Waals surface area contributed by atoms with Crippen LogP contribution < -0.4 is 0 Å². The van der Waals surface area contributed by atoms with Gasteiger partial charge < -0.3 is 0 Å².